The van der Waals surface area contributed by atoms with E-state index in [-0.39, 0.29) is 35.0 Å². The van der Waals surface area contributed by atoms with Crippen molar-refractivity contribution in [3.63, 3.8) is 0 Å². The van der Waals surface area contributed by atoms with Gasteiger partial charge in [-0.15, -0.1) is 0 Å². The van der Waals surface area contributed by atoms with Gasteiger partial charge < -0.3 is 24.6 Å². The minimum Gasteiger partial charge on any atom is -0.465 e. The number of nitrogens with zero attached hydrogens (tertiary/aromatic N) is 2. The summed E-state index contributed by atoms with van der Waals surface area (Å²) in [5.41, 5.74) is 0.480. The Morgan fingerprint density at radius 1 is 1.10 bits per heavy atom. The zero-order valence-electron chi connectivity index (χ0n) is 17.2. The van der Waals surface area contributed by atoms with Crippen molar-refractivity contribution in [2.24, 2.45) is 5.92 Å². The van der Waals surface area contributed by atoms with Crippen molar-refractivity contribution in [2.45, 2.75) is 12.8 Å². The molecule has 1 unspecified atom stereocenters. The number of rotatable bonds is 8. The third-order valence-electron chi connectivity index (χ3n) is 4.66. The number of amides is 2. The summed E-state index contributed by atoms with van der Waals surface area (Å²) in [4.78, 5) is 52.3. The number of esters is 2. The lowest BCUT2D eigenvalue weighted by atomic mass is 10.1. The molecule has 1 aromatic carbocycles. The van der Waals surface area contributed by atoms with Crippen LogP contribution < -0.4 is 5.32 Å². The highest BCUT2D eigenvalue weighted by molar-refractivity contribution is 6.01. The van der Waals surface area contributed by atoms with Crippen LogP contribution in [0.25, 0.3) is 0 Å². The number of likely N-dealkylation sites (tertiary alicyclic amines) is 1. The van der Waals surface area contributed by atoms with Crippen molar-refractivity contribution >= 4 is 29.4 Å². The minimum absolute atomic E-state index is 0.0533. The Morgan fingerprint density at radius 3 is 2.21 bits per heavy atom. The quantitative estimate of drug-likeness (QED) is 0.643. The first-order chi connectivity index (χ1) is 13.7. The first-order valence-electron chi connectivity index (χ1n) is 9.30. The summed E-state index contributed by atoms with van der Waals surface area (Å²) in [6.07, 6.45) is 0.963. The van der Waals surface area contributed by atoms with Crippen LogP contribution in [0.2, 0.25) is 0 Å². The molecule has 1 fully saturated rings. The van der Waals surface area contributed by atoms with Gasteiger partial charge in [-0.05, 0) is 45.3 Å². The van der Waals surface area contributed by atoms with Crippen LogP contribution in [0.15, 0.2) is 18.2 Å². The van der Waals surface area contributed by atoms with Crippen LogP contribution in [0.3, 0.4) is 0 Å². The SMILES string of the molecule is COC(=O)c1cc(NC(=O)C2CC(=O)N(CCCN(C)C)C2)cc(C(=O)OC)c1. The molecule has 0 radical (unpaired) electrons. The summed E-state index contributed by atoms with van der Waals surface area (Å²) in [6, 6.07) is 4.17. The van der Waals surface area contributed by atoms with Gasteiger partial charge in [0.15, 0.2) is 0 Å². The maximum absolute atomic E-state index is 12.7. The van der Waals surface area contributed by atoms with Crippen LogP contribution >= 0.6 is 0 Å². The molecule has 1 aliphatic heterocycles. The van der Waals surface area contributed by atoms with Crippen molar-refractivity contribution in [2.75, 3.05) is 53.3 Å². The van der Waals surface area contributed by atoms with E-state index >= 15 is 0 Å². The van der Waals surface area contributed by atoms with Crippen molar-refractivity contribution in [1.29, 1.82) is 0 Å². The monoisotopic (exact) mass is 405 g/mol. The van der Waals surface area contributed by atoms with Gasteiger partial charge in [-0.2, -0.15) is 0 Å². The third-order valence-corrected chi connectivity index (χ3v) is 4.66. The van der Waals surface area contributed by atoms with Crippen LogP contribution in [-0.4, -0.2) is 81.5 Å². The lowest BCUT2D eigenvalue weighted by Gasteiger charge is -2.18. The Hall–Kier alpha value is -2.94. The molecule has 9 nitrogen and oxygen atoms in total. The molecular weight excluding hydrogens is 378 g/mol. The third kappa shape index (κ3) is 6.02. The van der Waals surface area contributed by atoms with Gasteiger partial charge in [0.05, 0.1) is 31.3 Å². The Bertz CT molecular complexity index is 758. The Balaban J connectivity index is 2.08. The maximum atomic E-state index is 12.7. The van der Waals surface area contributed by atoms with Crippen LogP contribution in [0.5, 0.6) is 0 Å². The molecule has 1 aliphatic rings. The molecular formula is C20H27N3O6. The Morgan fingerprint density at radius 2 is 1.69 bits per heavy atom. The fourth-order valence-corrected chi connectivity index (χ4v) is 3.16. The number of nitrogens with one attached hydrogen (secondary N) is 1. The number of ether oxygens (including phenoxy) is 2. The molecule has 0 aromatic heterocycles. The second kappa shape index (κ2) is 10.0. The summed E-state index contributed by atoms with van der Waals surface area (Å²) in [7, 11) is 6.38. The topological polar surface area (TPSA) is 105 Å². The van der Waals surface area contributed by atoms with E-state index in [4.69, 9.17) is 0 Å². The fraction of sp³-hybridized carbons (Fsp3) is 0.500. The zero-order chi connectivity index (χ0) is 21.6. The average Bonchev–Trinajstić information content (AvgIpc) is 3.07. The molecule has 1 saturated heterocycles. The van der Waals surface area contributed by atoms with Gasteiger partial charge in [-0.25, -0.2) is 9.59 Å². The first kappa shape index (κ1) is 22.4. The summed E-state index contributed by atoms with van der Waals surface area (Å²) in [5, 5.41) is 2.70. The Kier molecular flexibility index (Phi) is 7.72. The predicted octanol–water partition coefficient (Wildman–Crippen LogP) is 0.999. The van der Waals surface area contributed by atoms with Crippen LogP contribution in [0.1, 0.15) is 33.6 Å². The van der Waals surface area contributed by atoms with Gasteiger partial charge in [-0.1, -0.05) is 0 Å². The smallest absolute Gasteiger partial charge is 0.337 e. The molecule has 9 heteroatoms. The van der Waals surface area contributed by atoms with Gasteiger partial charge in [0.1, 0.15) is 0 Å². The summed E-state index contributed by atoms with van der Waals surface area (Å²) < 4.78 is 9.38. The number of carbonyl (C=O) groups excluding carboxylic acids is 4. The molecule has 1 heterocycles. The van der Waals surface area contributed by atoms with E-state index in [0.717, 1.165) is 13.0 Å². The normalized spacial score (nSPS) is 16.1. The highest BCUT2D eigenvalue weighted by Crippen LogP contribution is 2.22. The Labute approximate surface area is 169 Å². The zero-order valence-corrected chi connectivity index (χ0v) is 17.2. The van der Waals surface area contributed by atoms with E-state index in [1.807, 2.05) is 19.0 Å². The molecule has 0 bridgehead atoms. The van der Waals surface area contributed by atoms with E-state index < -0.39 is 17.9 Å². The average molecular weight is 405 g/mol. The molecule has 0 spiro atoms. The van der Waals surface area contributed by atoms with Gasteiger partial charge in [0.25, 0.3) is 0 Å². The molecule has 2 amide bonds. The van der Waals surface area contributed by atoms with Crippen molar-refractivity contribution < 1.29 is 28.7 Å². The molecule has 0 aliphatic carbocycles. The number of hydrogen-bond donors (Lipinski definition) is 1. The molecule has 158 valence electrons. The van der Waals surface area contributed by atoms with Crippen molar-refractivity contribution in [1.82, 2.24) is 9.80 Å². The summed E-state index contributed by atoms with van der Waals surface area (Å²) in [6.45, 7) is 1.81. The lowest BCUT2D eigenvalue weighted by molar-refractivity contribution is -0.128. The molecule has 1 atom stereocenters. The van der Waals surface area contributed by atoms with Crippen LogP contribution in [0, 0.1) is 5.92 Å². The van der Waals surface area contributed by atoms with Gasteiger partial charge in [0, 0.05) is 25.2 Å². The minimum atomic E-state index is -0.644. The number of hydrogen-bond acceptors (Lipinski definition) is 7. The van der Waals surface area contributed by atoms with E-state index in [0.29, 0.717) is 13.1 Å². The second-order valence-electron chi connectivity index (χ2n) is 7.17. The summed E-state index contributed by atoms with van der Waals surface area (Å²) >= 11 is 0. The highest BCUT2D eigenvalue weighted by Gasteiger charge is 2.34. The maximum Gasteiger partial charge on any atom is 0.337 e. The number of carbonyl (C=O) groups is 4. The standard InChI is InChI=1S/C20H27N3O6/c1-22(2)6-5-7-23-12-15(11-17(23)24)18(25)21-16-9-13(19(26)28-3)8-14(10-16)20(27)29-4/h8-10,15H,5-7,11-12H2,1-4H3,(H,21,25). The largest absolute Gasteiger partial charge is 0.465 e. The van der Waals surface area contributed by atoms with E-state index in [1.54, 1.807) is 4.90 Å². The van der Waals surface area contributed by atoms with Gasteiger partial charge in [-0.3, -0.25) is 9.59 Å². The molecule has 1 aromatic rings. The summed E-state index contributed by atoms with van der Waals surface area (Å²) in [5.74, 6) is -2.18. The molecule has 29 heavy (non-hydrogen) atoms. The van der Waals surface area contributed by atoms with E-state index in [1.165, 1.54) is 32.4 Å². The second-order valence-corrected chi connectivity index (χ2v) is 7.17. The first-order valence-corrected chi connectivity index (χ1v) is 9.30. The number of anilines is 1. The number of methoxy groups -OCH3 is 2. The van der Waals surface area contributed by atoms with Gasteiger partial charge >= 0.3 is 11.9 Å². The van der Waals surface area contributed by atoms with Crippen LogP contribution in [-0.2, 0) is 19.1 Å². The van der Waals surface area contributed by atoms with Crippen molar-refractivity contribution in [3.8, 4) is 0 Å². The molecule has 1 N–H and O–H groups in total. The molecule has 2 rings (SSSR count). The molecule has 0 saturated carbocycles. The van der Waals surface area contributed by atoms with E-state index in [2.05, 4.69) is 14.8 Å². The predicted molar refractivity (Wildman–Crippen MR) is 106 cm³/mol. The highest BCUT2D eigenvalue weighted by atomic mass is 16.5. The van der Waals surface area contributed by atoms with Crippen molar-refractivity contribution in [3.05, 3.63) is 29.3 Å². The fourth-order valence-electron chi connectivity index (χ4n) is 3.16. The van der Waals surface area contributed by atoms with E-state index in [9.17, 15) is 19.2 Å². The lowest BCUT2D eigenvalue weighted by Crippen LogP contribution is -2.30. The van der Waals surface area contributed by atoms with Crippen LogP contribution in [0.4, 0.5) is 5.69 Å². The number of benzene rings is 1. The van der Waals surface area contributed by atoms with Gasteiger partial charge in [0.2, 0.25) is 11.8 Å².